The van der Waals surface area contributed by atoms with Gasteiger partial charge in [0, 0.05) is 0 Å². The van der Waals surface area contributed by atoms with E-state index in [4.69, 9.17) is 23.1 Å². The Bertz CT molecular complexity index is 435. The summed E-state index contributed by atoms with van der Waals surface area (Å²) in [5.74, 6) is 0.237. The second kappa shape index (κ2) is 2.21. The Kier molecular flexibility index (Phi) is 1.31. The van der Waals surface area contributed by atoms with Crippen LogP contribution in [0.5, 0.6) is 0 Å². The Morgan fingerprint density at radius 3 is 2.83 bits per heavy atom. The lowest BCUT2D eigenvalue weighted by Gasteiger charge is -1.97. The fourth-order valence-corrected chi connectivity index (χ4v) is 0.999. The molecule has 0 aliphatic rings. The predicted molar refractivity (Wildman–Crippen MR) is 44.6 cm³/mol. The van der Waals surface area contributed by atoms with Gasteiger partial charge in [0.25, 0.3) is 0 Å². The van der Waals surface area contributed by atoms with Crippen molar-refractivity contribution in [3.05, 3.63) is 11.5 Å². The molecule has 0 unspecified atom stereocenters. The van der Waals surface area contributed by atoms with Crippen LogP contribution in [0.2, 0.25) is 5.15 Å². The van der Waals surface area contributed by atoms with Crippen LogP contribution in [0.25, 0.3) is 5.65 Å². The van der Waals surface area contributed by atoms with Crippen molar-refractivity contribution in [3.63, 3.8) is 0 Å². The highest BCUT2D eigenvalue weighted by Gasteiger charge is 2.08. The second-order valence-corrected chi connectivity index (χ2v) is 2.56. The molecule has 2 aromatic heterocycles. The summed E-state index contributed by atoms with van der Waals surface area (Å²) in [6.45, 7) is 0. The number of nitrogen functional groups attached to an aromatic ring is 2. The lowest BCUT2D eigenvalue weighted by molar-refractivity contribution is 1.09. The number of anilines is 2. The van der Waals surface area contributed by atoms with Crippen LogP contribution in [0.3, 0.4) is 0 Å². The highest BCUT2D eigenvalue weighted by molar-refractivity contribution is 6.32. The smallest absolute Gasteiger partial charge is 0.227 e. The molecular weight excluding hydrogens is 180 g/mol. The van der Waals surface area contributed by atoms with Gasteiger partial charge in [0.05, 0.1) is 0 Å². The molecule has 4 N–H and O–H groups in total. The zero-order valence-corrected chi connectivity index (χ0v) is 6.65. The molecule has 0 amide bonds. The number of hydrogen-bond donors (Lipinski definition) is 2. The molecule has 0 bridgehead atoms. The SMILES string of the molecule is Nc1c(Cl)ncn2c(N)nnc12. The Balaban J connectivity index is 2.93. The van der Waals surface area contributed by atoms with Gasteiger partial charge in [-0.3, -0.25) is 0 Å². The van der Waals surface area contributed by atoms with E-state index >= 15 is 0 Å². The Labute approximate surface area is 72.2 Å². The molecule has 12 heavy (non-hydrogen) atoms. The van der Waals surface area contributed by atoms with Gasteiger partial charge in [-0.25, -0.2) is 9.38 Å². The van der Waals surface area contributed by atoms with Crippen LogP contribution >= 0.6 is 11.6 Å². The van der Waals surface area contributed by atoms with Crippen molar-refractivity contribution in [2.45, 2.75) is 0 Å². The molecule has 2 aromatic rings. The first-order chi connectivity index (χ1) is 5.70. The minimum Gasteiger partial charge on any atom is -0.393 e. The van der Waals surface area contributed by atoms with E-state index in [2.05, 4.69) is 15.2 Å². The minimum atomic E-state index is 0.204. The van der Waals surface area contributed by atoms with Crippen molar-refractivity contribution in [1.82, 2.24) is 19.6 Å². The Morgan fingerprint density at radius 1 is 1.33 bits per heavy atom. The van der Waals surface area contributed by atoms with E-state index < -0.39 is 0 Å². The number of fused-ring (bicyclic) bond motifs is 1. The maximum Gasteiger partial charge on any atom is 0.227 e. The van der Waals surface area contributed by atoms with Gasteiger partial charge in [0.1, 0.15) is 12.0 Å². The summed E-state index contributed by atoms with van der Waals surface area (Å²) in [7, 11) is 0. The zero-order chi connectivity index (χ0) is 8.72. The lowest BCUT2D eigenvalue weighted by atomic mass is 10.5. The van der Waals surface area contributed by atoms with E-state index in [1.807, 2.05) is 0 Å². The van der Waals surface area contributed by atoms with Crippen molar-refractivity contribution in [3.8, 4) is 0 Å². The van der Waals surface area contributed by atoms with Gasteiger partial charge in [0.2, 0.25) is 5.95 Å². The fraction of sp³-hybridized carbons (Fsp3) is 0. The van der Waals surface area contributed by atoms with E-state index in [1.54, 1.807) is 0 Å². The number of hydrogen-bond acceptors (Lipinski definition) is 5. The number of halogens is 1. The first-order valence-electron chi connectivity index (χ1n) is 3.10. The van der Waals surface area contributed by atoms with Crippen LogP contribution < -0.4 is 11.5 Å². The van der Waals surface area contributed by atoms with Crippen LogP contribution in [0.1, 0.15) is 0 Å². The van der Waals surface area contributed by atoms with Crippen LogP contribution in [0.15, 0.2) is 6.33 Å². The van der Waals surface area contributed by atoms with E-state index in [-0.39, 0.29) is 16.8 Å². The molecule has 0 aliphatic carbocycles. The monoisotopic (exact) mass is 184 g/mol. The van der Waals surface area contributed by atoms with E-state index in [0.717, 1.165) is 0 Å². The number of nitrogens with zero attached hydrogens (tertiary/aromatic N) is 4. The molecule has 6 nitrogen and oxygen atoms in total. The van der Waals surface area contributed by atoms with Crippen molar-refractivity contribution >= 4 is 28.9 Å². The van der Waals surface area contributed by atoms with Gasteiger partial charge in [0.15, 0.2) is 10.8 Å². The van der Waals surface area contributed by atoms with Crippen LogP contribution in [0.4, 0.5) is 11.6 Å². The molecule has 62 valence electrons. The molecular formula is C5H5ClN6. The van der Waals surface area contributed by atoms with Crippen molar-refractivity contribution < 1.29 is 0 Å². The van der Waals surface area contributed by atoms with Gasteiger partial charge < -0.3 is 11.5 Å². The first kappa shape index (κ1) is 7.11. The molecule has 2 rings (SSSR count). The van der Waals surface area contributed by atoms with E-state index in [1.165, 1.54) is 10.7 Å². The van der Waals surface area contributed by atoms with Crippen LogP contribution in [-0.4, -0.2) is 19.6 Å². The molecule has 0 radical (unpaired) electrons. The summed E-state index contributed by atoms with van der Waals surface area (Å²) in [5, 5.41) is 7.53. The summed E-state index contributed by atoms with van der Waals surface area (Å²) < 4.78 is 1.46. The van der Waals surface area contributed by atoms with Gasteiger partial charge in [-0.1, -0.05) is 11.6 Å². The molecule has 0 atom stereocenters. The largest absolute Gasteiger partial charge is 0.393 e. The van der Waals surface area contributed by atoms with Crippen molar-refractivity contribution in [1.29, 1.82) is 0 Å². The lowest BCUT2D eigenvalue weighted by Crippen LogP contribution is -1.99. The van der Waals surface area contributed by atoms with Crippen molar-refractivity contribution in [2.75, 3.05) is 11.5 Å². The maximum absolute atomic E-state index is 5.64. The van der Waals surface area contributed by atoms with Gasteiger partial charge >= 0.3 is 0 Å². The summed E-state index contributed by atoms with van der Waals surface area (Å²) >= 11 is 5.64. The third-order valence-corrected chi connectivity index (χ3v) is 1.77. The first-order valence-corrected chi connectivity index (χ1v) is 3.48. The molecule has 0 aliphatic heterocycles. The third-order valence-electron chi connectivity index (χ3n) is 1.47. The summed E-state index contributed by atoms with van der Waals surface area (Å²) in [5.41, 5.74) is 11.7. The third kappa shape index (κ3) is 0.782. The number of aromatic nitrogens is 4. The molecule has 0 saturated carbocycles. The quantitative estimate of drug-likeness (QED) is 0.560. The molecule has 0 fully saturated rings. The van der Waals surface area contributed by atoms with Crippen LogP contribution in [-0.2, 0) is 0 Å². The Hall–Kier alpha value is -1.56. The molecule has 7 heteroatoms. The standard InChI is InChI=1S/C5H5ClN6/c6-3-2(7)4-10-11-5(8)12(4)1-9-3/h1H,7H2,(H2,8,11). The van der Waals surface area contributed by atoms with Gasteiger partial charge in [-0.2, -0.15) is 0 Å². The van der Waals surface area contributed by atoms with E-state index in [9.17, 15) is 0 Å². The number of nitrogens with two attached hydrogens (primary N) is 2. The summed E-state index contributed by atoms with van der Waals surface area (Å²) in [4.78, 5) is 3.78. The summed E-state index contributed by atoms with van der Waals surface area (Å²) in [6.07, 6.45) is 1.42. The molecule has 0 spiro atoms. The number of rotatable bonds is 0. The van der Waals surface area contributed by atoms with Crippen molar-refractivity contribution in [2.24, 2.45) is 0 Å². The molecule has 0 aromatic carbocycles. The predicted octanol–water partition coefficient (Wildman–Crippen LogP) is -0.0579. The molecule has 2 heterocycles. The topological polar surface area (TPSA) is 95.1 Å². The Morgan fingerprint density at radius 2 is 2.08 bits per heavy atom. The highest BCUT2D eigenvalue weighted by Crippen LogP contribution is 2.19. The minimum absolute atomic E-state index is 0.204. The second-order valence-electron chi connectivity index (χ2n) is 2.20. The average Bonchev–Trinajstić information content (AvgIpc) is 2.41. The van der Waals surface area contributed by atoms with Crippen LogP contribution in [0, 0.1) is 0 Å². The highest BCUT2D eigenvalue weighted by atomic mass is 35.5. The fourth-order valence-electron chi connectivity index (χ4n) is 0.871. The van der Waals surface area contributed by atoms with Gasteiger partial charge in [-0.05, 0) is 0 Å². The normalized spacial score (nSPS) is 10.8. The summed E-state index contributed by atoms with van der Waals surface area (Å²) in [6, 6.07) is 0. The van der Waals surface area contributed by atoms with Gasteiger partial charge in [-0.15, -0.1) is 10.2 Å². The average molecular weight is 185 g/mol. The van der Waals surface area contributed by atoms with E-state index in [0.29, 0.717) is 5.65 Å². The zero-order valence-electron chi connectivity index (χ0n) is 5.90. The molecule has 0 saturated heterocycles. The maximum atomic E-state index is 5.64.